The van der Waals surface area contributed by atoms with Crippen LogP contribution in [0, 0.1) is 0 Å². The third-order valence-corrected chi connectivity index (χ3v) is 6.75. The van der Waals surface area contributed by atoms with Crippen LogP contribution in [0.3, 0.4) is 0 Å². The Morgan fingerprint density at radius 2 is 1.68 bits per heavy atom. The summed E-state index contributed by atoms with van der Waals surface area (Å²) in [4.78, 5) is 2.30. The first-order chi connectivity index (χ1) is 13.3. The van der Waals surface area contributed by atoms with E-state index in [1.807, 2.05) is 24.3 Å². The molecular formula is C20H24Cl2N2O3S. The summed E-state index contributed by atoms with van der Waals surface area (Å²) in [5.41, 5.74) is 1.25. The second-order valence-electron chi connectivity index (χ2n) is 7.04. The highest BCUT2D eigenvalue weighted by atomic mass is 35.5. The van der Waals surface area contributed by atoms with Crippen LogP contribution in [0.4, 0.5) is 0 Å². The minimum atomic E-state index is -3.57. The lowest BCUT2D eigenvalue weighted by Crippen LogP contribution is -2.35. The first-order valence-corrected chi connectivity index (χ1v) is 11.6. The second kappa shape index (κ2) is 9.46. The van der Waals surface area contributed by atoms with Gasteiger partial charge in [-0.15, -0.1) is 0 Å². The molecule has 0 amide bonds. The van der Waals surface area contributed by atoms with Crippen LogP contribution in [-0.4, -0.2) is 39.6 Å². The summed E-state index contributed by atoms with van der Waals surface area (Å²) in [5.74, 6) is 0.548. The Kier molecular flexibility index (Phi) is 7.23. The molecule has 1 N–H and O–H groups in total. The monoisotopic (exact) mass is 442 g/mol. The first-order valence-electron chi connectivity index (χ1n) is 9.17. The molecule has 152 valence electrons. The Bertz CT molecular complexity index is 876. The summed E-state index contributed by atoms with van der Waals surface area (Å²) in [6, 6.07) is 12.4. The number of likely N-dealkylation sites (tertiary alicyclic amines) is 1. The third kappa shape index (κ3) is 6.09. The van der Waals surface area contributed by atoms with E-state index >= 15 is 0 Å². The van der Waals surface area contributed by atoms with E-state index < -0.39 is 10.0 Å². The number of halogens is 2. The fraction of sp³-hybridized carbons (Fsp3) is 0.400. The van der Waals surface area contributed by atoms with Crippen LogP contribution in [0.25, 0.3) is 0 Å². The zero-order chi connectivity index (χ0) is 20.1. The normalized spacial score (nSPS) is 16.2. The van der Waals surface area contributed by atoms with Crippen molar-refractivity contribution in [2.24, 2.45) is 0 Å². The summed E-state index contributed by atoms with van der Waals surface area (Å²) in [7, 11) is -1.45. The number of nitrogens with one attached hydrogen (secondary N) is 1. The molecule has 0 radical (unpaired) electrons. The fourth-order valence-electron chi connectivity index (χ4n) is 3.09. The van der Waals surface area contributed by atoms with E-state index in [1.165, 1.54) is 0 Å². The van der Waals surface area contributed by atoms with Crippen LogP contribution < -0.4 is 9.46 Å². The molecule has 1 heterocycles. The van der Waals surface area contributed by atoms with Gasteiger partial charge in [0.1, 0.15) is 11.9 Å². The zero-order valence-corrected chi connectivity index (χ0v) is 18.0. The molecule has 0 aromatic heterocycles. The maximum absolute atomic E-state index is 12.4. The van der Waals surface area contributed by atoms with Crippen molar-refractivity contribution in [1.82, 2.24) is 9.62 Å². The van der Waals surface area contributed by atoms with E-state index in [1.54, 1.807) is 18.2 Å². The molecule has 5 nitrogen and oxygen atoms in total. The van der Waals surface area contributed by atoms with Crippen LogP contribution in [0.15, 0.2) is 42.5 Å². The number of ether oxygens (including phenoxy) is 1. The largest absolute Gasteiger partial charge is 0.490 e. The van der Waals surface area contributed by atoms with Crippen molar-refractivity contribution in [3.63, 3.8) is 0 Å². The predicted molar refractivity (Wildman–Crippen MR) is 114 cm³/mol. The number of nitrogens with zero attached hydrogens (tertiary/aromatic N) is 1. The molecule has 2 aromatic rings. The van der Waals surface area contributed by atoms with Crippen LogP contribution in [0.5, 0.6) is 5.75 Å². The number of sulfonamides is 1. The van der Waals surface area contributed by atoms with Gasteiger partial charge in [-0.2, -0.15) is 0 Å². The van der Waals surface area contributed by atoms with Crippen molar-refractivity contribution >= 4 is 33.2 Å². The molecule has 0 spiro atoms. The predicted octanol–water partition coefficient (Wildman–Crippen LogP) is 4.09. The number of rotatable bonds is 7. The maximum Gasteiger partial charge on any atom is 0.216 e. The molecule has 8 heteroatoms. The molecule has 2 aromatic carbocycles. The number of benzene rings is 2. The lowest BCUT2D eigenvalue weighted by atomic mass is 10.1. The van der Waals surface area contributed by atoms with Gasteiger partial charge in [0.2, 0.25) is 10.0 Å². The van der Waals surface area contributed by atoms with E-state index in [4.69, 9.17) is 27.9 Å². The van der Waals surface area contributed by atoms with Crippen molar-refractivity contribution in [3.8, 4) is 5.75 Å². The maximum atomic E-state index is 12.4. The highest BCUT2D eigenvalue weighted by Crippen LogP contribution is 2.26. The summed E-state index contributed by atoms with van der Waals surface area (Å²) in [5, 5.41) is 0.682. The van der Waals surface area contributed by atoms with Gasteiger partial charge < -0.3 is 9.64 Å². The molecule has 0 bridgehead atoms. The molecule has 3 rings (SSSR count). The smallest absolute Gasteiger partial charge is 0.216 e. The molecule has 1 aliphatic heterocycles. The number of hydrogen-bond donors (Lipinski definition) is 1. The standard InChI is InChI=1S/C20H24Cl2N2O3S/c1-24-11-9-17(10-12-24)27-16-7-5-15(6-8-16)13-23-28(25,26)14-18-19(21)3-2-4-20(18)22/h2-8,17,23H,9-14H2,1H3. The molecule has 0 atom stereocenters. The molecular weight excluding hydrogens is 419 g/mol. The van der Waals surface area contributed by atoms with Gasteiger partial charge in [0.25, 0.3) is 0 Å². The molecule has 1 aliphatic rings. The molecule has 0 saturated carbocycles. The Balaban J connectivity index is 1.54. The highest BCUT2D eigenvalue weighted by Gasteiger charge is 2.18. The zero-order valence-electron chi connectivity index (χ0n) is 15.7. The fourth-order valence-corrected chi connectivity index (χ4v) is 4.95. The van der Waals surface area contributed by atoms with E-state index in [0.29, 0.717) is 15.6 Å². The van der Waals surface area contributed by atoms with Crippen molar-refractivity contribution < 1.29 is 13.2 Å². The molecule has 0 unspecified atom stereocenters. The van der Waals surface area contributed by atoms with Crippen LogP contribution in [0.1, 0.15) is 24.0 Å². The average Bonchev–Trinajstić information content (AvgIpc) is 2.66. The second-order valence-corrected chi connectivity index (χ2v) is 9.67. The van der Waals surface area contributed by atoms with Crippen molar-refractivity contribution in [1.29, 1.82) is 0 Å². The van der Waals surface area contributed by atoms with Crippen molar-refractivity contribution in [2.45, 2.75) is 31.2 Å². The minimum Gasteiger partial charge on any atom is -0.490 e. The van der Waals surface area contributed by atoms with Gasteiger partial charge in [-0.3, -0.25) is 0 Å². The van der Waals surface area contributed by atoms with Crippen molar-refractivity contribution in [3.05, 3.63) is 63.6 Å². The van der Waals surface area contributed by atoms with Gasteiger partial charge >= 0.3 is 0 Å². The first kappa shape index (κ1) is 21.4. The summed E-state index contributed by atoms with van der Waals surface area (Å²) in [6.07, 6.45) is 2.27. The molecule has 1 saturated heterocycles. The highest BCUT2D eigenvalue weighted by molar-refractivity contribution is 7.88. The summed E-state index contributed by atoms with van der Waals surface area (Å²) >= 11 is 12.1. The van der Waals surface area contributed by atoms with Gasteiger partial charge in [0.05, 0.1) is 5.75 Å². The summed E-state index contributed by atoms with van der Waals surface area (Å²) in [6.45, 7) is 2.28. The van der Waals surface area contributed by atoms with E-state index in [-0.39, 0.29) is 18.4 Å². The third-order valence-electron chi connectivity index (χ3n) is 4.78. The molecule has 1 fully saturated rings. The SMILES string of the molecule is CN1CCC(Oc2ccc(CNS(=O)(=O)Cc3c(Cl)cccc3Cl)cc2)CC1. The average molecular weight is 443 g/mol. The van der Waals surface area contributed by atoms with E-state index in [0.717, 1.165) is 37.2 Å². The lowest BCUT2D eigenvalue weighted by molar-refractivity contribution is 0.114. The number of hydrogen-bond acceptors (Lipinski definition) is 4. The molecule has 28 heavy (non-hydrogen) atoms. The minimum absolute atomic E-state index is 0.193. The quantitative estimate of drug-likeness (QED) is 0.701. The van der Waals surface area contributed by atoms with Gasteiger partial charge in [-0.25, -0.2) is 13.1 Å². The van der Waals surface area contributed by atoms with Crippen LogP contribution in [-0.2, 0) is 22.3 Å². The lowest BCUT2D eigenvalue weighted by Gasteiger charge is -2.29. The van der Waals surface area contributed by atoms with E-state index in [9.17, 15) is 8.42 Å². The van der Waals surface area contributed by atoms with E-state index in [2.05, 4.69) is 16.7 Å². The Morgan fingerprint density at radius 1 is 1.07 bits per heavy atom. The van der Waals surface area contributed by atoms with Gasteiger partial charge in [0.15, 0.2) is 0 Å². The Morgan fingerprint density at radius 3 is 2.29 bits per heavy atom. The summed E-state index contributed by atoms with van der Waals surface area (Å²) < 4.78 is 33.4. The Hall–Kier alpha value is -1.31. The topological polar surface area (TPSA) is 58.6 Å². The van der Waals surface area contributed by atoms with Gasteiger partial charge in [0, 0.05) is 35.2 Å². The van der Waals surface area contributed by atoms with Crippen LogP contribution >= 0.6 is 23.2 Å². The number of piperidine rings is 1. The van der Waals surface area contributed by atoms with Gasteiger partial charge in [-0.05, 0) is 49.7 Å². The van der Waals surface area contributed by atoms with Gasteiger partial charge in [-0.1, -0.05) is 41.4 Å². The van der Waals surface area contributed by atoms with Crippen molar-refractivity contribution in [2.75, 3.05) is 20.1 Å². The van der Waals surface area contributed by atoms with Crippen LogP contribution in [0.2, 0.25) is 10.0 Å². The Labute approximate surface area is 176 Å². The molecule has 0 aliphatic carbocycles.